The lowest BCUT2D eigenvalue weighted by atomic mass is 10.1. The van der Waals surface area contributed by atoms with Gasteiger partial charge in [-0.2, -0.15) is 0 Å². The number of aromatic carboxylic acids is 1. The molecule has 2 amide bonds. The molecule has 0 spiro atoms. The number of nitrogens with zero attached hydrogens (tertiary/aromatic N) is 1. The van der Waals surface area contributed by atoms with Crippen LogP contribution in [0.15, 0.2) is 42.5 Å². The smallest absolute Gasteiger partial charge is 0.335 e. The highest BCUT2D eigenvalue weighted by Crippen LogP contribution is 2.26. The van der Waals surface area contributed by atoms with Crippen LogP contribution in [-0.2, 0) is 9.59 Å². The van der Waals surface area contributed by atoms with E-state index in [1.807, 2.05) is 32.0 Å². The molecule has 0 aromatic heterocycles. The highest BCUT2D eigenvalue weighted by Gasteiger charge is 2.39. The number of imide groups is 1. The molecular weight excluding hydrogens is 320 g/mol. The van der Waals surface area contributed by atoms with E-state index < -0.39 is 12.0 Å². The van der Waals surface area contributed by atoms with Crippen LogP contribution in [0.5, 0.6) is 0 Å². The number of carboxylic acid groups (broad SMARTS) is 1. The fourth-order valence-electron chi connectivity index (χ4n) is 2.83. The first-order chi connectivity index (χ1) is 11.9. The maximum atomic E-state index is 12.6. The second-order valence-electron chi connectivity index (χ2n) is 6.12. The maximum Gasteiger partial charge on any atom is 0.335 e. The van der Waals surface area contributed by atoms with Crippen molar-refractivity contribution in [2.45, 2.75) is 26.3 Å². The Hall–Kier alpha value is -3.15. The van der Waals surface area contributed by atoms with Crippen LogP contribution in [0, 0.1) is 13.8 Å². The number of carboxylic acids is 1. The molecule has 128 valence electrons. The summed E-state index contributed by atoms with van der Waals surface area (Å²) < 4.78 is 0. The van der Waals surface area contributed by atoms with Crippen molar-refractivity contribution in [3.8, 4) is 0 Å². The van der Waals surface area contributed by atoms with Crippen molar-refractivity contribution in [3.05, 3.63) is 59.2 Å². The SMILES string of the molecule is Cc1ccc(N[C@@H]2CC(=O)N(c3cccc(C(=O)O)c3)C2=O)cc1C. The molecule has 1 fully saturated rings. The molecule has 6 nitrogen and oxygen atoms in total. The summed E-state index contributed by atoms with van der Waals surface area (Å²) in [6.07, 6.45) is 0.0308. The molecule has 1 aliphatic rings. The Balaban J connectivity index is 1.83. The third kappa shape index (κ3) is 3.24. The quantitative estimate of drug-likeness (QED) is 0.837. The van der Waals surface area contributed by atoms with Gasteiger partial charge in [0.1, 0.15) is 6.04 Å². The fraction of sp³-hybridized carbons (Fsp3) is 0.211. The van der Waals surface area contributed by atoms with Gasteiger partial charge in [-0.3, -0.25) is 9.59 Å². The number of aryl methyl sites for hydroxylation is 2. The van der Waals surface area contributed by atoms with Crippen molar-refractivity contribution in [3.63, 3.8) is 0 Å². The van der Waals surface area contributed by atoms with Gasteiger partial charge in [0, 0.05) is 5.69 Å². The van der Waals surface area contributed by atoms with Crippen molar-refractivity contribution in [2.75, 3.05) is 10.2 Å². The fourth-order valence-corrected chi connectivity index (χ4v) is 2.83. The Morgan fingerprint density at radius 1 is 1.12 bits per heavy atom. The number of rotatable bonds is 4. The van der Waals surface area contributed by atoms with E-state index in [2.05, 4.69) is 5.32 Å². The summed E-state index contributed by atoms with van der Waals surface area (Å²) >= 11 is 0. The van der Waals surface area contributed by atoms with E-state index in [1.165, 1.54) is 18.2 Å². The summed E-state index contributed by atoms with van der Waals surface area (Å²) in [6, 6.07) is 10.9. The van der Waals surface area contributed by atoms with E-state index in [9.17, 15) is 14.4 Å². The van der Waals surface area contributed by atoms with Crippen molar-refractivity contribution < 1.29 is 19.5 Å². The Bertz CT molecular complexity index is 875. The van der Waals surface area contributed by atoms with Gasteiger partial charge in [-0.25, -0.2) is 9.69 Å². The average Bonchev–Trinajstić information content (AvgIpc) is 2.85. The zero-order valence-electron chi connectivity index (χ0n) is 13.9. The number of carbonyl (C=O) groups is 3. The minimum absolute atomic E-state index is 0.0308. The third-order valence-electron chi connectivity index (χ3n) is 4.35. The molecule has 2 N–H and O–H groups in total. The molecule has 1 heterocycles. The molecule has 0 radical (unpaired) electrons. The number of carbonyl (C=O) groups excluding carboxylic acids is 2. The van der Waals surface area contributed by atoms with Crippen LogP contribution < -0.4 is 10.2 Å². The van der Waals surface area contributed by atoms with Crippen molar-refractivity contribution >= 4 is 29.2 Å². The number of hydrogen-bond donors (Lipinski definition) is 2. The van der Waals surface area contributed by atoms with E-state index >= 15 is 0 Å². The van der Waals surface area contributed by atoms with Crippen LogP contribution in [-0.4, -0.2) is 28.9 Å². The minimum atomic E-state index is -1.11. The van der Waals surface area contributed by atoms with E-state index in [1.54, 1.807) is 6.07 Å². The van der Waals surface area contributed by atoms with Crippen molar-refractivity contribution in [2.24, 2.45) is 0 Å². The number of benzene rings is 2. The molecular formula is C19H18N2O4. The van der Waals surface area contributed by atoms with Crippen LogP contribution in [0.2, 0.25) is 0 Å². The Morgan fingerprint density at radius 3 is 2.56 bits per heavy atom. The van der Waals surface area contributed by atoms with Gasteiger partial charge >= 0.3 is 5.97 Å². The van der Waals surface area contributed by atoms with Gasteiger partial charge in [0.15, 0.2) is 0 Å². The van der Waals surface area contributed by atoms with Gasteiger partial charge in [0.2, 0.25) is 5.91 Å². The lowest BCUT2D eigenvalue weighted by molar-refractivity contribution is -0.121. The molecule has 1 aliphatic heterocycles. The average molecular weight is 338 g/mol. The predicted octanol–water partition coefficient (Wildman–Crippen LogP) is 2.75. The molecule has 3 rings (SSSR count). The second-order valence-corrected chi connectivity index (χ2v) is 6.12. The van der Waals surface area contributed by atoms with Crippen LogP contribution >= 0.6 is 0 Å². The van der Waals surface area contributed by atoms with Crippen molar-refractivity contribution in [1.29, 1.82) is 0 Å². The zero-order chi connectivity index (χ0) is 18.1. The summed E-state index contributed by atoms with van der Waals surface area (Å²) in [4.78, 5) is 37.1. The summed E-state index contributed by atoms with van der Waals surface area (Å²) in [5.74, 6) is -1.84. The second kappa shape index (κ2) is 6.39. The van der Waals surface area contributed by atoms with Gasteiger partial charge in [0.05, 0.1) is 17.7 Å². The van der Waals surface area contributed by atoms with E-state index in [0.717, 1.165) is 21.7 Å². The lowest BCUT2D eigenvalue weighted by Gasteiger charge is -2.17. The van der Waals surface area contributed by atoms with Crippen LogP contribution in [0.4, 0.5) is 11.4 Å². The highest BCUT2D eigenvalue weighted by molar-refractivity contribution is 6.23. The summed E-state index contributed by atoms with van der Waals surface area (Å²) in [6.45, 7) is 3.98. The molecule has 2 aromatic carbocycles. The number of hydrogen-bond acceptors (Lipinski definition) is 4. The molecule has 0 saturated carbocycles. The van der Waals surface area contributed by atoms with Crippen LogP contribution in [0.1, 0.15) is 27.9 Å². The summed E-state index contributed by atoms with van der Waals surface area (Å²) in [5.41, 5.74) is 3.32. The lowest BCUT2D eigenvalue weighted by Crippen LogP contribution is -2.34. The molecule has 0 bridgehead atoms. The summed E-state index contributed by atoms with van der Waals surface area (Å²) in [5, 5.41) is 12.2. The van der Waals surface area contributed by atoms with E-state index in [0.29, 0.717) is 0 Å². The first-order valence-electron chi connectivity index (χ1n) is 7.91. The van der Waals surface area contributed by atoms with Crippen LogP contribution in [0.25, 0.3) is 0 Å². The van der Waals surface area contributed by atoms with Gasteiger partial charge in [-0.15, -0.1) is 0 Å². The molecule has 0 aliphatic carbocycles. The van der Waals surface area contributed by atoms with E-state index in [-0.39, 0.29) is 29.5 Å². The first-order valence-corrected chi connectivity index (χ1v) is 7.91. The monoisotopic (exact) mass is 338 g/mol. The molecule has 0 unspecified atom stereocenters. The minimum Gasteiger partial charge on any atom is -0.478 e. The summed E-state index contributed by atoms with van der Waals surface area (Å²) in [7, 11) is 0. The Labute approximate surface area is 145 Å². The zero-order valence-corrected chi connectivity index (χ0v) is 13.9. The molecule has 2 aromatic rings. The Kier molecular flexibility index (Phi) is 4.27. The van der Waals surface area contributed by atoms with Gasteiger partial charge in [0.25, 0.3) is 5.91 Å². The van der Waals surface area contributed by atoms with Gasteiger partial charge < -0.3 is 10.4 Å². The predicted molar refractivity (Wildman–Crippen MR) is 93.8 cm³/mol. The third-order valence-corrected chi connectivity index (χ3v) is 4.35. The topological polar surface area (TPSA) is 86.7 Å². The first kappa shape index (κ1) is 16.7. The Morgan fingerprint density at radius 2 is 1.88 bits per heavy atom. The number of anilines is 2. The molecule has 1 saturated heterocycles. The standard InChI is InChI=1S/C19H18N2O4/c1-11-6-7-14(8-12(11)2)20-16-10-17(22)21(18(16)23)15-5-3-4-13(9-15)19(24)25/h3-9,16,20H,10H2,1-2H3,(H,24,25)/t16-/m1/s1. The molecule has 6 heteroatoms. The molecule has 1 atom stereocenters. The number of amides is 2. The van der Waals surface area contributed by atoms with Crippen LogP contribution in [0.3, 0.4) is 0 Å². The highest BCUT2D eigenvalue weighted by atomic mass is 16.4. The van der Waals surface area contributed by atoms with Gasteiger partial charge in [-0.1, -0.05) is 12.1 Å². The normalized spacial score (nSPS) is 17.0. The van der Waals surface area contributed by atoms with E-state index in [4.69, 9.17) is 5.11 Å². The largest absolute Gasteiger partial charge is 0.478 e. The van der Waals surface area contributed by atoms with Gasteiger partial charge in [-0.05, 0) is 55.3 Å². The molecule has 25 heavy (non-hydrogen) atoms. The number of nitrogens with one attached hydrogen (secondary N) is 1. The maximum absolute atomic E-state index is 12.6. The van der Waals surface area contributed by atoms with Crippen molar-refractivity contribution in [1.82, 2.24) is 0 Å².